The SMILES string of the molecule is CP1(OC(C(F)(F)F)C(F)(F)F)(OC(C(F)(F)F)C(F)(F)F)OC(C(F)(F)F)(C(F)(F)F)C(C(F)(F)F)(C(F)(F)F)O1. The Morgan fingerprint density at radius 3 is 0.690 bits per heavy atom. The molecule has 0 N–H and O–H groups in total. The maximum atomic E-state index is 13.7. The van der Waals surface area contributed by atoms with Gasteiger partial charge < -0.3 is 0 Å². The molecule has 1 rings (SSSR count). The van der Waals surface area contributed by atoms with E-state index in [-0.39, 0.29) is 0 Å². The minimum absolute atomic E-state index is 1.91. The molecule has 1 saturated heterocycles. The zero-order chi connectivity index (χ0) is 34.4. The van der Waals surface area contributed by atoms with Gasteiger partial charge in [0.2, 0.25) is 0 Å². The van der Waals surface area contributed by atoms with Crippen LogP contribution in [0.2, 0.25) is 0 Å². The summed E-state index contributed by atoms with van der Waals surface area (Å²) in [5.41, 5.74) is -17.0. The summed E-state index contributed by atoms with van der Waals surface area (Å²) in [6, 6.07) is 0. The predicted octanol–water partition coefficient (Wildman–Crippen LogP) is 8.62. The van der Waals surface area contributed by atoms with Crippen molar-refractivity contribution in [2.45, 2.75) is 72.8 Å². The van der Waals surface area contributed by atoms with Gasteiger partial charge in [-0.1, -0.05) is 0 Å². The molecular formula is C13H5F24O4P. The Morgan fingerprint density at radius 2 is 0.571 bits per heavy atom. The van der Waals surface area contributed by atoms with E-state index in [1.807, 2.05) is 0 Å². The molecule has 4 nitrogen and oxygen atoms in total. The normalized spacial score (nSPS) is 23.3. The van der Waals surface area contributed by atoms with E-state index >= 15 is 0 Å². The van der Waals surface area contributed by atoms with E-state index in [0.717, 1.165) is 0 Å². The van der Waals surface area contributed by atoms with Crippen molar-refractivity contribution in [3.63, 3.8) is 0 Å². The van der Waals surface area contributed by atoms with Gasteiger partial charge in [0.25, 0.3) is 0 Å². The molecule has 0 aromatic heterocycles. The quantitative estimate of drug-likeness (QED) is 0.216. The molecule has 0 aromatic carbocycles. The van der Waals surface area contributed by atoms with Crippen LogP contribution < -0.4 is 0 Å². The Hall–Kier alpha value is -1.41. The van der Waals surface area contributed by atoms with Gasteiger partial charge in [0.1, 0.15) is 0 Å². The van der Waals surface area contributed by atoms with Crippen LogP contribution >= 0.6 is 7.51 Å². The molecule has 0 radical (unpaired) electrons. The Labute approximate surface area is 212 Å². The first-order valence-electron chi connectivity index (χ1n) is 9.00. The summed E-state index contributed by atoms with van der Waals surface area (Å²) in [6.07, 6.45) is -77.0. The Bertz CT molecular complexity index is 854. The number of rotatable bonds is 4. The molecule has 1 aliphatic rings. The third-order valence-corrected chi connectivity index (χ3v) is 7.36. The maximum absolute atomic E-state index is 13.7. The molecule has 0 bridgehead atoms. The summed E-state index contributed by atoms with van der Waals surface area (Å²) in [5.74, 6) is 0. The average molecular weight is 712 g/mol. The van der Waals surface area contributed by atoms with E-state index < -0.39 is 87.0 Å². The third kappa shape index (κ3) is 6.23. The number of hydrogen-bond acceptors (Lipinski definition) is 4. The molecule has 0 unspecified atom stereocenters. The first kappa shape index (κ1) is 38.6. The van der Waals surface area contributed by atoms with E-state index in [1.54, 1.807) is 0 Å². The molecule has 0 atom stereocenters. The van der Waals surface area contributed by atoms with Gasteiger partial charge in [-0.2, -0.15) is 0 Å². The van der Waals surface area contributed by atoms with Crippen LogP contribution in [0.3, 0.4) is 0 Å². The molecule has 29 heteroatoms. The van der Waals surface area contributed by atoms with Crippen molar-refractivity contribution in [1.82, 2.24) is 0 Å². The summed E-state index contributed by atoms with van der Waals surface area (Å²) < 4.78 is 330. The second-order valence-corrected chi connectivity index (χ2v) is 11.0. The van der Waals surface area contributed by atoms with Gasteiger partial charge in [0, 0.05) is 0 Å². The van der Waals surface area contributed by atoms with E-state index in [2.05, 4.69) is 18.1 Å². The first-order valence-corrected chi connectivity index (χ1v) is 11.4. The number of halogens is 24. The van der Waals surface area contributed by atoms with Crippen molar-refractivity contribution in [1.29, 1.82) is 0 Å². The summed E-state index contributed by atoms with van der Waals surface area (Å²) in [7, 11) is -10.2. The molecule has 1 fully saturated rings. The van der Waals surface area contributed by atoms with Crippen molar-refractivity contribution in [3.05, 3.63) is 0 Å². The fourth-order valence-electron chi connectivity index (χ4n) is 3.27. The third-order valence-electron chi connectivity index (χ3n) is 4.64. The van der Waals surface area contributed by atoms with E-state index in [4.69, 9.17) is 0 Å². The summed E-state index contributed by atoms with van der Waals surface area (Å²) in [5, 5.41) is 0. The van der Waals surface area contributed by atoms with Crippen molar-refractivity contribution < 1.29 is 123 Å². The fourth-order valence-corrected chi connectivity index (χ4v) is 6.84. The van der Waals surface area contributed by atoms with Crippen LogP contribution in [-0.4, -0.2) is 79.5 Å². The monoisotopic (exact) mass is 712 g/mol. The van der Waals surface area contributed by atoms with Gasteiger partial charge in [-0.05, 0) is 0 Å². The zero-order valence-electron chi connectivity index (χ0n) is 18.3. The molecule has 1 heterocycles. The number of alkyl halides is 24. The van der Waals surface area contributed by atoms with Gasteiger partial charge in [-0.25, -0.2) is 0 Å². The topological polar surface area (TPSA) is 36.9 Å². The van der Waals surface area contributed by atoms with Crippen LogP contribution in [0.4, 0.5) is 105 Å². The van der Waals surface area contributed by atoms with Crippen LogP contribution in [0, 0.1) is 0 Å². The van der Waals surface area contributed by atoms with E-state index in [1.165, 1.54) is 0 Å². The van der Waals surface area contributed by atoms with Crippen LogP contribution in [-0.2, 0) is 18.1 Å². The Morgan fingerprint density at radius 1 is 0.405 bits per heavy atom. The van der Waals surface area contributed by atoms with Crippen LogP contribution in [0.25, 0.3) is 0 Å². The molecule has 254 valence electrons. The van der Waals surface area contributed by atoms with Gasteiger partial charge in [0.05, 0.1) is 0 Å². The molecule has 0 aromatic rings. The van der Waals surface area contributed by atoms with Crippen molar-refractivity contribution in [2.75, 3.05) is 6.66 Å². The summed E-state index contributed by atoms with van der Waals surface area (Å²) in [4.78, 5) is 0. The molecule has 0 aliphatic carbocycles. The van der Waals surface area contributed by atoms with E-state index in [9.17, 15) is 105 Å². The van der Waals surface area contributed by atoms with Crippen LogP contribution in [0.1, 0.15) is 0 Å². The van der Waals surface area contributed by atoms with Crippen molar-refractivity contribution >= 4 is 7.51 Å². The minimum atomic E-state index is -10.2. The fraction of sp³-hybridized carbons (Fsp3) is 1.00. The second-order valence-electron chi connectivity index (χ2n) is 7.85. The first-order chi connectivity index (χ1) is 17.6. The van der Waals surface area contributed by atoms with Crippen LogP contribution in [0.5, 0.6) is 0 Å². The predicted molar refractivity (Wildman–Crippen MR) is 78.7 cm³/mol. The second kappa shape index (κ2) is 9.55. The molecule has 1 aliphatic heterocycles. The Balaban J connectivity index is 4.66. The molecule has 0 amide bonds. The zero-order valence-corrected chi connectivity index (χ0v) is 19.2. The summed E-state index contributed by atoms with van der Waals surface area (Å²) in [6.45, 7) is -1.91. The van der Waals surface area contributed by atoms with Gasteiger partial charge >= 0.3 is 210 Å². The summed E-state index contributed by atoms with van der Waals surface area (Å²) >= 11 is 0. The van der Waals surface area contributed by atoms with Crippen molar-refractivity contribution in [2.24, 2.45) is 0 Å². The standard InChI is InChI=1S/C13H5F24O4P/c1-42(38-2(4(14,15)16)5(17,18)19,39-3(6(20,21)22)7(23,24)25)40-8(10(26,27)28,11(29,30)31)9(41-42,12(32,33)34)13(35,36)37/h2-3H,1H3. The molecule has 0 spiro atoms. The average Bonchev–Trinajstić information content (AvgIpc) is 2.91. The molecule has 42 heavy (non-hydrogen) atoms. The van der Waals surface area contributed by atoms with Gasteiger partial charge in [-0.15, -0.1) is 0 Å². The number of hydrogen-bond donors (Lipinski definition) is 0. The van der Waals surface area contributed by atoms with E-state index in [0.29, 0.717) is 0 Å². The molecular weight excluding hydrogens is 707 g/mol. The van der Waals surface area contributed by atoms with Crippen LogP contribution in [0.15, 0.2) is 0 Å². The Kier molecular flexibility index (Phi) is 8.78. The van der Waals surface area contributed by atoms with Crippen molar-refractivity contribution in [3.8, 4) is 0 Å². The van der Waals surface area contributed by atoms with Gasteiger partial charge in [0.15, 0.2) is 0 Å². The van der Waals surface area contributed by atoms with Gasteiger partial charge in [-0.3, -0.25) is 0 Å². The molecule has 0 saturated carbocycles.